The molecule has 1 aromatic carbocycles. The molecule has 0 spiro atoms. The summed E-state index contributed by atoms with van der Waals surface area (Å²) in [4.78, 5) is 10.5. The first-order valence-corrected chi connectivity index (χ1v) is 7.42. The number of ether oxygens (including phenoxy) is 1. The van der Waals surface area contributed by atoms with Crippen molar-refractivity contribution in [1.29, 1.82) is 0 Å². The zero-order chi connectivity index (χ0) is 14.3. The first kappa shape index (κ1) is 15.8. The topological polar surface area (TPSA) is 64.4 Å². The summed E-state index contributed by atoms with van der Waals surface area (Å²) < 4.78 is 4.97. The van der Waals surface area contributed by atoms with Crippen molar-refractivity contribution in [2.75, 3.05) is 19.9 Å². The molecule has 0 saturated heterocycles. The van der Waals surface area contributed by atoms with Gasteiger partial charge in [0.2, 0.25) is 0 Å². The maximum Gasteiger partial charge on any atom is 0.311 e. The van der Waals surface area contributed by atoms with Crippen molar-refractivity contribution < 1.29 is 9.66 Å². The first-order valence-electron chi connectivity index (χ1n) is 6.13. The molecule has 106 valence electrons. The molecule has 0 aliphatic heterocycles. The molecule has 0 radical (unpaired) electrons. The molecule has 1 atom stereocenters. The van der Waals surface area contributed by atoms with E-state index >= 15 is 0 Å². The highest BCUT2D eigenvalue weighted by molar-refractivity contribution is 7.99. The minimum atomic E-state index is -0.419. The second kappa shape index (κ2) is 8.01. The highest BCUT2D eigenvalue weighted by atomic mass is 32.2. The summed E-state index contributed by atoms with van der Waals surface area (Å²) in [6.45, 7) is 3.72. The van der Waals surface area contributed by atoms with Gasteiger partial charge in [-0.1, -0.05) is 13.0 Å². The number of hydrogen-bond acceptors (Lipinski definition) is 5. The lowest BCUT2D eigenvalue weighted by molar-refractivity contribution is -0.385. The maximum atomic E-state index is 10.9. The molecule has 0 fully saturated rings. The molecule has 5 nitrogen and oxygen atoms in total. The maximum absolute atomic E-state index is 10.9. The van der Waals surface area contributed by atoms with Crippen LogP contribution in [0.5, 0.6) is 5.75 Å². The predicted octanol–water partition coefficient (Wildman–Crippen LogP) is 2.83. The Bertz CT molecular complexity index is 426. The van der Waals surface area contributed by atoms with Gasteiger partial charge in [-0.2, -0.15) is 11.8 Å². The lowest BCUT2D eigenvalue weighted by Crippen LogP contribution is -2.17. The summed E-state index contributed by atoms with van der Waals surface area (Å²) in [6, 6.07) is 5.04. The smallest absolute Gasteiger partial charge is 0.311 e. The van der Waals surface area contributed by atoms with Crippen LogP contribution in [0.15, 0.2) is 18.2 Å². The van der Waals surface area contributed by atoms with Crippen LogP contribution in [0.4, 0.5) is 5.69 Å². The van der Waals surface area contributed by atoms with Gasteiger partial charge in [0.25, 0.3) is 0 Å². The number of nitrogens with zero attached hydrogens (tertiary/aromatic N) is 1. The van der Waals surface area contributed by atoms with E-state index in [0.29, 0.717) is 17.5 Å². The van der Waals surface area contributed by atoms with Gasteiger partial charge < -0.3 is 10.1 Å². The molecule has 0 heterocycles. The molecule has 1 N–H and O–H groups in total. The fraction of sp³-hybridized carbons (Fsp3) is 0.538. The number of hydrogen-bond donors (Lipinski definition) is 1. The third-order valence-electron chi connectivity index (χ3n) is 2.90. The number of benzene rings is 1. The summed E-state index contributed by atoms with van der Waals surface area (Å²) in [7, 11) is 1.43. The Balaban J connectivity index is 2.55. The Kier molecular flexibility index (Phi) is 6.66. The average Bonchev–Trinajstić information content (AvgIpc) is 2.42. The third-order valence-corrected chi connectivity index (χ3v) is 3.94. The molecule has 0 aliphatic rings. The normalized spacial score (nSPS) is 12.2. The molecular formula is C13H20N2O3S. The monoisotopic (exact) mass is 284 g/mol. The van der Waals surface area contributed by atoms with Crippen LogP contribution in [0, 0.1) is 10.1 Å². The van der Waals surface area contributed by atoms with E-state index in [4.69, 9.17) is 4.74 Å². The summed E-state index contributed by atoms with van der Waals surface area (Å²) in [6.07, 6.45) is 3.18. The van der Waals surface area contributed by atoms with Crippen LogP contribution in [-0.2, 0) is 6.54 Å². The molecule has 0 aliphatic carbocycles. The molecule has 19 heavy (non-hydrogen) atoms. The van der Waals surface area contributed by atoms with Crippen LogP contribution in [0.2, 0.25) is 0 Å². The molecule has 0 saturated carbocycles. The highest BCUT2D eigenvalue weighted by Gasteiger charge is 2.14. The van der Waals surface area contributed by atoms with Crippen molar-refractivity contribution >= 4 is 17.4 Å². The van der Waals surface area contributed by atoms with Crippen molar-refractivity contribution in [3.05, 3.63) is 33.9 Å². The summed E-state index contributed by atoms with van der Waals surface area (Å²) >= 11 is 1.84. The number of thioether (sulfide) groups is 1. The Morgan fingerprint density at radius 2 is 2.26 bits per heavy atom. The van der Waals surface area contributed by atoms with Crippen LogP contribution in [0.1, 0.15) is 18.9 Å². The van der Waals surface area contributed by atoms with Gasteiger partial charge in [-0.05, 0) is 30.9 Å². The zero-order valence-corrected chi connectivity index (χ0v) is 12.3. The van der Waals surface area contributed by atoms with Gasteiger partial charge in [-0.3, -0.25) is 10.1 Å². The van der Waals surface area contributed by atoms with Gasteiger partial charge in [-0.15, -0.1) is 0 Å². The largest absolute Gasteiger partial charge is 0.490 e. The van der Waals surface area contributed by atoms with E-state index in [0.717, 1.165) is 18.5 Å². The molecule has 1 rings (SSSR count). The van der Waals surface area contributed by atoms with Crippen LogP contribution in [-0.4, -0.2) is 30.1 Å². The Labute approximate surface area is 117 Å². The summed E-state index contributed by atoms with van der Waals surface area (Å²) in [5.41, 5.74) is 0.906. The van der Waals surface area contributed by atoms with Crippen molar-refractivity contribution in [2.24, 2.45) is 0 Å². The number of nitro groups is 1. The number of nitro benzene ring substituents is 1. The van der Waals surface area contributed by atoms with E-state index in [9.17, 15) is 10.1 Å². The van der Waals surface area contributed by atoms with Crippen LogP contribution in [0.25, 0.3) is 0 Å². The molecule has 1 unspecified atom stereocenters. The molecule has 0 bridgehead atoms. The number of methoxy groups -OCH3 is 1. The van der Waals surface area contributed by atoms with E-state index in [2.05, 4.69) is 18.5 Å². The van der Waals surface area contributed by atoms with E-state index in [-0.39, 0.29) is 5.69 Å². The lowest BCUT2D eigenvalue weighted by Gasteiger charge is -2.09. The minimum Gasteiger partial charge on any atom is -0.490 e. The van der Waals surface area contributed by atoms with Gasteiger partial charge in [0.05, 0.1) is 12.0 Å². The summed E-state index contributed by atoms with van der Waals surface area (Å²) in [5.74, 6) is 0.296. The van der Waals surface area contributed by atoms with Crippen molar-refractivity contribution in [2.45, 2.75) is 25.1 Å². The van der Waals surface area contributed by atoms with Gasteiger partial charge in [0.1, 0.15) is 0 Å². The van der Waals surface area contributed by atoms with Crippen molar-refractivity contribution in [3.63, 3.8) is 0 Å². The minimum absolute atomic E-state index is 0.0132. The quantitative estimate of drug-likeness (QED) is 0.452. The molecule has 1 aromatic rings. The predicted molar refractivity (Wildman–Crippen MR) is 78.9 cm³/mol. The van der Waals surface area contributed by atoms with Gasteiger partial charge in [0.15, 0.2) is 5.75 Å². The Morgan fingerprint density at radius 1 is 1.53 bits per heavy atom. The van der Waals surface area contributed by atoms with Gasteiger partial charge >= 0.3 is 5.69 Å². The molecule has 0 aromatic heterocycles. The van der Waals surface area contributed by atoms with Crippen LogP contribution in [0.3, 0.4) is 0 Å². The van der Waals surface area contributed by atoms with Gasteiger partial charge in [-0.25, -0.2) is 0 Å². The zero-order valence-electron chi connectivity index (χ0n) is 11.5. The Hall–Kier alpha value is -1.27. The van der Waals surface area contributed by atoms with E-state index < -0.39 is 4.92 Å². The SMILES string of the molecule is COc1ccc(CNCCC(C)SC)cc1[N+](=O)[O-]. The second-order valence-electron chi connectivity index (χ2n) is 4.28. The fourth-order valence-electron chi connectivity index (χ4n) is 1.64. The van der Waals surface area contributed by atoms with Crippen molar-refractivity contribution in [1.82, 2.24) is 5.32 Å². The average molecular weight is 284 g/mol. The van der Waals surface area contributed by atoms with E-state index in [1.807, 2.05) is 17.8 Å². The van der Waals surface area contributed by atoms with Crippen molar-refractivity contribution in [3.8, 4) is 5.75 Å². The summed E-state index contributed by atoms with van der Waals surface area (Å²) in [5, 5.41) is 14.8. The van der Waals surface area contributed by atoms with E-state index in [1.54, 1.807) is 12.1 Å². The van der Waals surface area contributed by atoms with Crippen LogP contribution < -0.4 is 10.1 Å². The number of rotatable bonds is 8. The number of nitrogens with one attached hydrogen (secondary N) is 1. The van der Waals surface area contributed by atoms with Gasteiger partial charge in [0, 0.05) is 17.9 Å². The van der Waals surface area contributed by atoms with E-state index in [1.165, 1.54) is 7.11 Å². The standard InChI is InChI=1S/C13H20N2O3S/c1-10(19-3)6-7-14-9-11-4-5-13(18-2)12(8-11)15(16)17/h4-5,8,10,14H,6-7,9H2,1-3H3. The molecule has 6 heteroatoms. The van der Waals surface area contributed by atoms with Crippen LogP contribution >= 0.6 is 11.8 Å². The first-order chi connectivity index (χ1) is 9.08. The second-order valence-corrected chi connectivity index (χ2v) is 5.55. The lowest BCUT2D eigenvalue weighted by atomic mass is 10.2. The Morgan fingerprint density at radius 3 is 2.84 bits per heavy atom. The molecular weight excluding hydrogens is 264 g/mol. The fourth-order valence-corrected chi connectivity index (χ4v) is 2.00. The highest BCUT2D eigenvalue weighted by Crippen LogP contribution is 2.27. The molecule has 0 amide bonds. The third kappa shape index (κ3) is 5.08.